The Hall–Kier alpha value is -1.50. The van der Waals surface area contributed by atoms with E-state index in [9.17, 15) is 17.6 Å². The number of alkyl halides is 4. The summed E-state index contributed by atoms with van der Waals surface area (Å²) in [6.45, 7) is 2.09. The maximum absolute atomic E-state index is 13.9. The van der Waals surface area contributed by atoms with Crippen LogP contribution in [0.1, 0.15) is 18.9 Å². The van der Waals surface area contributed by atoms with E-state index in [1.165, 1.54) is 6.07 Å². The normalized spacial score (nSPS) is 15.0. The molecule has 0 aliphatic heterocycles. The molecule has 0 saturated heterocycles. The molecule has 0 heterocycles. The van der Waals surface area contributed by atoms with Gasteiger partial charge in [-0.25, -0.2) is 4.39 Å². The first-order valence-corrected chi connectivity index (χ1v) is 6.98. The highest BCUT2D eigenvalue weighted by Crippen LogP contribution is 2.43. The van der Waals surface area contributed by atoms with Gasteiger partial charge >= 0.3 is 6.18 Å². The minimum atomic E-state index is -4.97. The van der Waals surface area contributed by atoms with Crippen molar-refractivity contribution in [2.45, 2.75) is 25.2 Å². The fourth-order valence-corrected chi connectivity index (χ4v) is 2.10. The molecular formula is C15H23F4N3. The van der Waals surface area contributed by atoms with Crippen molar-refractivity contribution in [2.75, 3.05) is 44.9 Å². The topological polar surface area (TPSA) is 32.5 Å². The van der Waals surface area contributed by atoms with Crippen LogP contribution >= 0.6 is 0 Å². The Kier molecular flexibility index (Phi) is 5.67. The molecule has 22 heavy (non-hydrogen) atoms. The Morgan fingerprint density at radius 1 is 1.05 bits per heavy atom. The van der Waals surface area contributed by atoms with Crippen molar-refractivity contribution >= 4 is 11.4 Å². The van der Waals surface area contributed by atoms with Gasteiger partial charge in [-0.15, -0.1) is 0 Å². The Labute approximate surface area is 128 Å². The fourth-order valence-electron chi connectivity index (χ4n) is 2.10. The molecular weight excluding hydrogens is 298 g/mol. The maximum atomic E-state index is 13.9. The lowest BCUT2D eigenvalue weighted by atomic mass is 9.96. The van der Waals surface area contributed by atoms with Gasteiger partial charge in [-0.3, -0.25) is 0 Å². The van der Waals surface area contributed by atoms with Crippen LogP contribution in [0.15, 0.2) is 18.2 Å². The predicted octanol–water partition coefficient (Wildman–Crippen LogP) is 3.40. The quantitative estimate of drug-likeness (QED) is 0.644. The molecule has 0 bridgehead atoms. The smallest absolute Gasteiger partial charge is 0.397 e. The first-order valence-electron chi connectivity index (χ1n) is 6.98. The molecule has 0 saturated carbocycles. The van der Waals surface area contributed by atoms with Crippen LogP contribution in [0.3, 0.4) is 0 Å². The zero-order valence-electron chi connectivity index (χ0n) is 13.3. The number of nitrogen functional groups attached to an aromatic ring is 1. The van der Waals surface area contributed by atoms with E-state index in [-0.39, 0.29) is 5.69 Å². The first-order chi connectivity index (χ1) is 9.96. The summed E-state index contributed by atoms with van der Waals surface area (Å²) in [6, 6.07) is 3.64. The van der Waals surface area contributed by atoms with E-state index in [4.69, 9.17) is 5.73 Å². The van der Waals surface area contributed by atoms with Gasteiger partial charge in [-0.05, 0) is 46.1 Å². The van der Waals surface area contributed by atoms with E-state index in [0.29, 0.717) is 19.2 Å². The van der Waals surface area contributed by atoms with E-state index >= 15 is 0 Å². The van der Waals surface area contributed by atoms with E-state index in [2.05, 4.69) is 0 Å². The average Bonchev–Trinajstić information content (AvgIpc) is 2.36. The second kappa shape index (κ2) is 6.73. The second-order valence-electron chi connectivity index (χ2n) is 5.85. The predicted molar refractivity (Wildman–Crippen MR) is 81.8 cm³/mol. The Bertz CT molecular complexity index is 498. The van der Waals surface area contributed by atoms with Gasteiger partial charge in [0.05, 0.1) is 11.4 Å². The minimum Gasteiger partial charge on any atom is -0.397 e. The molecule has 3 nitrogen and oxygen atoms in total. The lowest BCUT2D eigenvalue weighted by molar-refractivity contribution is -0.228. The molecule has 126 valence electrons. The lowest BCUT2D eigenvalue weighted by Crippen LogP contribution is -2.35. The Balaban J connectivity index is 2.90. The van der Waals surface area contributed by atoms with E-state index in [0.717, 1.165) is 25.1 Å². The highest BCUT2D eigenvalue weighted by Gasteiger charge is 2.53. The minimum absolute atomic E-state index is 0.137. The number of nitrogens with zero attached hydrogens (tertiary/aromatic N) is 2. The maximum Gasteiger partial charge on any atom is 0.426 e. The van der Waals surface area contributed by atoms with Crippen LogP contribution in [0.4, 0.5) is 28.9 Å². The molecule has 1 atom stereocenters. The molecule has 7 heteroatoms. The monoisotopic (exact) mass is 321 g/mol. The molecule has 2 N–H and O–H groups in total. The van der Waals surface area contributed by atoms with Crippen LogP contribution in [0.2, 0.25) is 0 Å². The first kappa shape index (κ1) is 18.5. The van der Waals surface area contributed by atoms with Crippen molar-refractivity contribution < 1.29 is 17.6 Å². The number of hydrogen-bond donors (Lipinski definition) is 1. The third-order valence-electron chi connectivity index (χ3n) is 3.61. The zero-order chi connectivity index (χ0) is 17.1. The number of benzene rings is 1. The highest BCUT2D eigenvalue weighted by molar-refractivity contribution is 5.68. The van der Waals surface area contributed by atoms with Crippen molar-refractivity contribution in [3.63, 3.8) is 0 Å². The van der Waals surface area contributed by atoms with Crippen molar-refractivity contribution in [1.29, 1.82) is 0 Å². The van der Waals surface area contributed by atoms with Crippen LogP contribution in [0.5, 0.6) is 0 Å². The van der Waals surface area contributed by atoms with Crippen LogP contribution in [-0.4, -0.2) is 45.3 Å². The summed E-state index contributed by atoms with van der Waals surface area (Å²) in [5.74, 6) is 0. The number of halogens is 4. The molecule has 0 fully saturated rings. The molecule has 0 aliphatic rings. The van der Waals surface area contributed by atoms with Crippen LogP contribution < -0.4 is 10.6 Å². The summed E-state index contributed by atoms with van der Waals surface area (Å²) >= 11 is 0. The number of nitrogens with two attached hydrogens (primary N) is 1. The van der Waals surface area contributed by atoms with Gasteiger partial charge in [0.25, 0.3) is 0 Å². The molecule has 0 aliphatic carbocycles. The molecule has 1 rings (SSSR count). The van der Waals surface area contributed by atoms with Crippen LogP contribution in [0, 0.1) is 0 Å². The third kappa shape index (κ3) is 4.25. The van der Waals surface area contributed by atoms with Gasteiger partial charge in [-0.1, -0.05) is 6.07 Å². The Morgan fingerprint density at radius 3 is 2.09 bits per heavy atom. The molecule has 0 radical (unpaired) electrons. The number of hydrogen-bond acceptors (Lipinski definition) is 3. The van der Waals surface area contributed by atoms with E-state index in [1.807, 2.05) is 23.9 Å². The molecule has 0 spiro atoms. The van der Waals surface area contributed by atoms with Crippen LogP contribution in [0.25, 0.3) is 0 Å². The van der Waals surface area contributed by atoms with Crippen LogP contribution in [-0.2, 0) is 5.67 Å². The summed E-state index contributed by atoms with van der Waals surface area (Å²) in [4.78, 5) is 3.89. The Morgan fingerprint density at radius 2 is 1.64 bits per heavy atom. The number of anilines is 2. The van der Waals surface area contributed by atoms with Gasteiger partial charge in [0, 0.05) is 19.2 Å². The largest absolute Gasteiger partial charge is 0.426 e. The van der Waals surface area contributed by atoms with E-state index < -0.39 is 17.4 Å². The van der Waals surface area contributed by atoms with Gasteiger partial charge in [-0.2, -0.15) is 13.2 Å². The number of rotatable bonds is 6. The summed E-state index contributed by atoms with van der Waals surface area (Å²) in [6.07, 6.45) is -4.09. The van der Waals surface area contributed by atoms with E-state index in [1.54, 1.807) is 7.05 Å². The summed E-state index contributed by atoms with van der Waals surface area (Å²) < 4.78 is 52.1. The molecule has 0 amide bonds. The summed E-state index contributed by atoms with van der Waals surface area (Å²) in [5.41, 5.74) is 2.65. The average molecular weight is 321 g/mol. The fraction of sp³-hybridized carbons (Fsp3) is 0.600. The SMILES string of the molecule is CN(C)CCCN(C)c1ccc(C(C)(F)C(F)(F)F)cc1N. The third-order valence-corrected chi connectivity index (χ3v) is 3.61. The lowest BCUT2D eigenvalue weighted by Gasteiger charge is -2.26. The van der Waals surface area contributed by atoms with Gasteiger partial charge < -0.3 is 15.5 Å². The van der Waals surface area contributed by atoms with Gasteiger partial charge in [0.1, 0.15) is 0 Å². The standard InChI is InChI=1S/C15H23F4N3/c1-14(16,15(17,18)19)11-6-7-13(12(20)10-11)22(4)9-5-8-21(2)3/h6-7,10H,5,8-9,20H2,1-4H3. The van der Waals surface area contributed by atoms with Gasteiger partial charge in [0.2, 0.25) is 5.67 Å². The highest BCUT2D eigenvalue weighted by atomic mass is 19.4. The van der Waals surface area contributed by atoms with Gasteiger partial charge in [0.15, 0.2) is 0 Å². The molecule has 0 aromatic heterocycles. The summed E-state index contributed by atoms with van der Waals surface area (Å²) in [5, 5.41) is 0. The summed E-state index contributed by atoms with van der Waals surface area (Å²) in [7, 11) is 5.73. The second-order valence-corrected chi connectivity index (χ2v) is 5.85. The van der Waals surface area contributed by atoms with Crippen molar-refractivity contribution in [2.24, 2.45) is 0 Å². The van der Waals surface area contributed by atoms with Crippen molar-refractivity contribution in [1.82, 2.24) is 4.90 Å². The van der Waals surface area contributed by atoms with Crippen molar-refractivity contribution in [3.05, 3.63) is 23.8 Å². The molecule has 1 aromatic rings. The zero-order valence-corrected chi connectivity index (χ0v) is 13.3. The molecule has 1 aromatic carbocycles. The van der Waals surface area contributed by atoms with Crippen molar-refractivity contribution in [3.8, 4) is 0 Å². The molecule has 1 unspecified atom stereocenters.